The molecule has 6 nitrogen and oxygen atoms in total. The first-order chi connectivity index (χ1) is 12.4. The molecule has 3 rings (SSSR count). The van der Waals surface area contributed by atoms with Crippen molar-refractivity contribution in [2.24, 2.45) is 0 Å². The Morgan fingerprint density at radius 2 is 2.08 bits per heavy atom. The first-order valence-corrected chi connectivity index (χ1v) is 8.77. The molecule has 1 aliphatic rings. The summed E-state index contributed by atoms with van der Waals surface area (Å²) >= 11 is 0. The fourth-order valence-electron chi connectivity index (χ4n) is 3.04. The summed E-state index contributed by atoms with van der Waals surface area (Å²) in [5.74, 6) is 0.132. The van der Waals surface area contributed by atoms with Crippen LogP contribution in [-0.4, -0.2) is 47.7 Å². The van der Waals surface area contributed by atoms with Gasteiger partial charge in [-0.15, -0.1) is 0 Å². The molecule has 0 spiro atoms. The molecule has 6 heteroatoms. The Hall–Kier alpha value is -2.60. The molecule has 1 atom stereocenters. The summed E-state index contributed by atoms with van der Waals surface area (Å²) in [5.41, 5.74) is 2.14. The zero-order valence-corrected chi connectivity index (χ0v) is 15.0. The third-order valence-electron chi connectivity index (χ3n) is 4.48. The summed E-state index contributed by atoms with van der Waals surface area (Å²) in [6, 6.07) is 11.5. The number of hydrogen-bond acceptors (Lipinski definition) is 4. The van der Waals surface area contributed by atoms with E-state index < -0.39 is 12.1 Å². The zero-order valence-electron chi connectivity index (χ0n) is 15.0. The minimum absolute atomic E-state index is 0.116. The largest absolute Gasteiger partial charge is 0.481 e. The highest BCUT2D eigenvalue weighted by molar-refractivity contribution is 5.92. The van der Waals surface area contributed by atoms with Crippen molar-refractivity contribution in [2.45, 2.75) is 32.3 Å². The number of amides is 1. The third-order valence-corrected chi connectivity index (χ3v) is 4.48. The van der Waals surface area contributed by atoms with Gasteiger partial charge in [0.25, 0.3) is 5.91 Å². The van der Waals surface area contributed by atoms with Gasteiger partial charge in [0.2, 0.25) is 0 Å². The van der Waals surface area contributed by atoms with Gasteiger partial charge in [-0.3, -0.25) is 9.59 Å². The smallest absolute Gasteiger partial charge is 0.306 e. The molecule has 26 heavy (non-hydrogen) atoms. The van der Waals surface area contributed by atoms with E-state index in [2.05, 4.69) is 26.0 Å². The number of morpholine rings is 1. The predicted molar refractivity (Wildman–Crippen MR) is 96.1 cm³/mol. The zero-order chi connectivity index (χ0) is 18.7. The Balaban J connectivity index is 1.74. The highest BCUT2D eigenvalue weighted by atomic mass is 16.5. The normalized spacial score (nSPS) is 17.5. The number of benzene rings is 1. The molecule has 138 valence electrons. The van der Waals surface area contributed by atoms with E-state index in [0.717, 1.165) is 5.56 Å². The topological polar surface area (TPSA) is 80.0 Å². The Labute approximate surface area is 152 Å². The summed E-state index contributed by atoms with van der Waals surface area (Å²) in [6.07, 6.45) is -0.600. The standard InChI is InChI=1S/C20H23NO5/c1-13(2)14-4-3-5-15(10-14)17-6-7-18(26-17)20(24)21-8-9-25-16(12-21)11-19(22)23/h3-7,10,13,16H,8-9,11-12H2,1-2H3,(H,22,23). The minimum atomic E-state index is -0.936. The molecule has 0 bridgehead atoms. The van der Waals surface area contributed by atoms with Crippen LogP contribution in [0.15, 0.2) is 40.8 Å². The molecule has 0 radical (unpaired) electrons. The number of rotatable bonds is 5. The van der Waals surface area contributed by atoms with E-state index in [1.807, 2.05) is 12.1 Å². The van der Waals surface area contributed by atoms with E-state index in [1.54, 1.807) is 17.0 Å². The highest BCUT2D eigenvalue weighted by Gasteiger charge is 2.28. The highest BCUT2D eigenvalue weighted by Crippen LogP contribution is 2.26. The number of hydrogen-bond donors (Lipinski definition) is 1. The number of nitrogens with zero attached hydrogens (tertiary/aromatic N) is 1. The molecule has 1 N–H and O–H groups in total. The van der Waals surface area contributed by atoms with Gasteiger partial charge < -0.3 is 19.2 Å². The van der Waals surface area contributed by atoms with Crippen molar-refractivity contribution in [3.63, 3.8) is 0 Å². The van der Waals surface area contributed by atoms with Gasteiger partial charge in [-0.2, -0.15) is 0 Å². The Morgan fingerprint density at radius 1 is 1.27 bits per heavy atom. The van der Waals surface area contributed by atoms with Crippen molar-refractivity contribution in [1.82, 2.24) is 4.90 Å². The molecule has 1 aromatic carbocycles. The van der Waals surface area contributed by atoms with E-state index in [1.165, 1.54) is 5.56 Å². The molecular formula is C20H23NO5. The average molecular weight is 357 g/mol. The number of carbonyl (C=O) groups is 2. The van der Waals surface area contributed by atoms with Crippen LogP contribution in [0.1, 0.15) is 42.3 Å². The van der Waals surface area contributed by atoms with Gasteiger partial charge in [0.05, 0.1) is 19.1 Å². The van der Waals surface area contributed by atoms with Crippen LogP contribution in [0.3, 0.4) is 0 Å². The maximum atomic E-state index is 12.7. The molecule has 0 saturated carbocycles. The fraction of sp³-hybridized carbons (Fsp3) is 0.400. The molecular weight excluding hydrogens is 334 g/mol. The van der Waals surface area contributed by atoms with Crippen molar-refractivity contribution >= 4 is 11.9 Å². The summed E-state index contributed by atoms with van der Waals surface area (Å²) in [5, 5.41) is 8.90. The first kappa shape index (κ1) is 18.2. The number of furan rings is 1. The summed E-state index contributed by atoms with van der Waals surface area (Å²) in [7, 11) is 0. The number of aliphatic carboxylic acids is 1. The molecule has 2 heterocycles. The lowest BCUT2D eigenvalue weighted by Crippen LogP contribution is -2.46. The maximum Gasteiger partial charge on any atom is 0.306 e. The molecule has 1 unspecified atom stereocenters. The monoisotopic (exact) mass is 357 g/mol. The molecule has 0 aliphatic carbocycles. The maximum absolute atomic E-state index is 12.7. The number of carboxylic acids is 1. The predicted octanol–water partition coefficient (Wildman–Crippen LogP) is 3.39. The lowest BCUT2D eigenvalue weighted by Gasteiger charge is -2.31. The molecule has 1 saturated heterocycles. The van der Waals surface area contributed by atoms with E-state index in [0.29, 0.717) is 24.8 Å². The second kappa shape index (κ2) is 7.74. The summed E-state index contributed by atoms with van der Waals surface area (Å²) < 4.78 is 11.2. The molecule has 1 amide bonds. The van der Waals surface area contributed by atoms with Gasteiger partial charge in [0.15, 0.2) is 5.76 Å². The van der Waals surface area contributed by atoms with Crippen LogP contribution in [-0.2, 0) is 9.53 Å². The SMILES string of the molecule is CC(C)c1cccc(-c2ccc(C(=O)N3CCOC(CC(=O)O)C3)o2)c1. The van der Waals surface area contributed by atoms with Crippen molar-refractivity contribution in [1.29, 1.82) is 0 Å². The lowest BCUT2D eigenvalue weighted by atomic mass is 10.0. The summed E-state index contributed by atoms with van der Waals surface area (Å²) in [4.78, 5) is 25.1. The lowest BCUT2D eigenvalue weighted by molar-refractivity contribution is -0.141. The van der Waals surface area contributed by atoms with E-state index >= 15 is 0 Å². The minimum Gasteiger partial charge on any atom is -0.481 e. The van der Waals surface area contributed by atoms with Gasteiger partial charge >= 0.3 is 5.97 Å². The van der Waals surface area contributed by atoms with Crippen molar-refractivity contribution < 1.29 is 23.8 Å². The number of ether oxygens (including phenoxy) is 1. The van der Waals surface area contributed by atoms with E-state index in [4.69, 9.17) is 14.3 Å². The molecule has 1 aliphatic heterocycles. The van der Waals surface area contributed by atoms with Crippen LogP contribution in [0, 0.1) is 0 Å². The van der Waals surface area contributed by atoms with E-state index in [-0.39, 0.29) is 24.6 Å². The van der Waals surface area contributed by atoms with Gasteiger partial charge in [-0.1, -0.05) is 32.0 Å². The van der Waals surface area contributed by atoms with Crippen molar-refractivity contribution in [3.05, 3.63) is 47.7 Å². The average Bonchev–Trinajstić information content (AvgIpc) is 3.11. The van der Waals surface area contributed by atoms with Crippen LogP contribution in [0.4, 0.5) is 0 Å². The van der Waals surface area contributed by atoms with Crippen LogP contribution in [0.5, 0.6) is 0 Å². The van der Waals surface area contributed by atoms with Gasteiger partial charge in [-0.25, -0.2) is 0 Å². The first-order valence-electron chi connectivity index (χ1n) is 8.77. The fourth-order valence-corrected chi connectivity index (χ4v) is 3.04. The molecule has 1 fully saturated rings. The van der Waals surface area contributed by atoms with Crippen molar-refractivity contribution in [3.8, 4) is 11.3 Å². The molecule has 1 aromatic heterocycles. The second-order valence-corrected chi connectivity index (χ2v) is 6.79. The van der Waals surface area contributed by atoms with Crippen LogP contribution < -0.4 is 0 Å². The van der Waals surface area contributed by atoms with Crippen molar-refractivity contribution in [2.75, 3.05) is 19.7 Å². The van der Waals surface area contributed by atoms with Crippen LogP contribution in [0.25, 0.3) is 11.3 Å². The van der Waals surface area contributed by atoms with Gasteiger partial charge in [-0.05, 0) is 29.7 Å². The Kier molecular flexibility index (Phi) is 5.42. The second-order valence-electron chi connectivity index (χ2n) is 6.79. The Bertz CT molecular complexity index is 795. The summed E-state index contributed by atoms with van der Waals surface area (Å²) in [6.45, 7) is 5.26. The van der Waals surface area contributed by atoms with E-state index in [9.17, 15) is 9.59 Å². The quantitative estimate of drug-likeness (QED) is 0.887. The number of carbonyl (C=O) groups excluding carboxylic acids is 1. The van der Waals surface area contributed by atoms with Crippen LogP contribution in [0.2, 0.25) is 0 Å². The van der Waals surface area contributed by atoms with Gasteiger partial charge in [0, 0.05) is 18.7 Å². The van der Waals surface area contributed by atoms with Gasteiger partial charge in [0.1, 0.15) is 5.76 Å². The molecule has 2 aromatic rings. The third kappa shape index (κ3) is 4.14. The van der Waals surface area contributed by atoms with Crippen LogP contribution >= 0.6 is 0 Å². The number of carboxylic acid groups (broad SMARTS) is 1. The Morgan fingerprint density at radius 3 is 2.81 bits per heavy atom.